The van der Waals surface area contributed by atoms with Gasteiger partial charge in [-0.2, -0.15) is 0 Å². The second-order valence-corrected chi connectivity index (χ2v) is 7.28. The van der Waals surface area contributed by atoms with Crippen LogP contribution in [0.5, 0.6) is 0 Å². The van der Waals surface area contributed by atoms with Gasteiger partial charge in [0.1, 0.15) is 0 Å². The maximum absolute atomic E-state index is 2.59. The van der Waals surface area contributed by atoms with Crippen molar-refractivity contribution < 1.29 is 0 Å². The van der Waals surface area contributed by atoms with E-state index in [1.54, 1.807) is 0 Å². The summed E-state index contributed by atoms with van der Waals surface area (Å²) in [6.07, 6.45) is 8.73. The van der Waals surface area contributed by atoms with Gasteiger partial charge in [-0.1, -0.05) is 53.9 Å². The van der Waals surface area contributed by atoms with Gasteiger partial charge in [-0.25, -0.2) is 0 Å². The van der Waals surface area contributed by atoms with E-state index >= 15 is 0 Å². The van der Waals surface area contributed by atoms with Crippen molar-refractivity contribution in [3.05, 3.63) is 0 Å². The Morgan fingerprint density at radius 2 is 1.53 bits per heavy atom. The van der Waals surface area contributed by atoms with Gasteiger partial charge >= 0.3 is 0 Å². The summed E-state index contributed by atoms with van der Waals surface area (Å²) in [5.74, 6) is 0.927. The molecule has 3 atom stereocenters. The van der Waals surface area contributed by atoms with Gasteiger partial charge in [-0.15, -0.1) is 0 Å². The minimum atomic E-state index is 0.550. The molecule has 0 aromatic carbocycles. The zero-order valence-electron chi connectivity index (χ0n) is 11.3. The van der Waals surface area contributed by atoms with Crippen LogP contribution in [0.3, 0.4) is 0 Å². The van der Waals surface area contributed by atoms with E-state index in [1.807, 2.05) is 0 Å². The molecule has 0 heteroatoms. The summed E-state index contributed by atoms with van der Waals surface area (Å²) in [7, 11) is 0. The number of rotatable bonds is 0. The standard InChI is InChI=1S/C15H28/c1-12-8-6-11-15(5)13(2,3)9-7-10-14(12,15)4/h12H,6-11H2,1-5H3. The molecule has 0 saturated heterocycles. The average molecular weight is 208 g/mol. The second kappa shape index (κ2) is 3.25. The molecule has 0 bridgehead atoms. The smallest absolute Gasteiger partial charge is 0.0218 e. The Balaban J connectivity index is 2.42. The van der Waals surface area contributed by atoms with E-state index in [4.69, 9.17) is 0 Å². The van der Waals surface area contributed by atoms with Crippen LogP contribution in [0.2, 0.25) is 0 Å². The third-order valence-corrected chi connectivity index (χ3v) is 6.65. The van der Waals surface area contributed by atoms with Crippen LogP contribution < -0.4 is 0 Å². The first-order valence-corrected chi connectivity index (χ1v) is 6.83. The molecule has 2 saturated carbocycles. The van der Waals surface area contributed by atoms with Gasteiger partial charge < -0.3 is 0 Å². The number of hydrogen-bond donors (Lipinski definition) is 0. The largest absolute Gasteiger partial charge is 0.0620 e. The van der Waals surface area contributed by atoms with Gasteiger partial charge in [-0.3, -0.25) is 0 Å². The van der Waals surface area contributed by atoms with Crippen molar-refractivity contribution in [3.63, 3.8) is 0 Å². The molecule has 0 radical (unpaired) electrons. The zero-order chi connectivity index (χ0) is 11.3. The molecule has 0 nitrogen and oxygen atoms in total. The maximum atomic E-state index is 2.59. The Bertz CT molecular complexity index is 253. The highest BCUT2D eigenvalue weighted by Crippen LogP contribution is 2.67. The van der Waals surface area contributed by atoms with Crippen LogP contribution in [0, 0.1) is 22.2 Å². The van der Waals surface area contributed by atoms with Crippen molar-refractivity contribution >= 4 is 0 Å². The van der Waals surface area contributed by atoms with Gasteiger partial charge in [0.15, 0.2) is 0 Å². The van der Waals surface area contributed by atoms with E-state index in [9.17, 15) is 0 Å². The van der Waals surface area contributed by atoms with Crippen LogP contribution in [-0.4, -0.2) is 0 Å². The highest BCUT2D eigenvalue weighted by molar-refractivity contribution is 5.07. The molecule has 2 aliphatic carbocycles. The van der Waals surface area contributed by atoms with E-state index in [1.165, 1.54) is 38.5 Å². The fourth-order valence-electron chi connectivity index (χ4n) is 4.72. The quantitative estimate of drug-likeness (QED) is 0.524. The van der Waals surface area contributed by atoms with Gasteiger partial charge in [-0.05, 0) is 41.4 Å². The predicted molar refractivity (Wildman–Crippen MR) is 66.9 cm³/mol. The van der Waals surface area contributed by atoms with Crippen LogP contribution in [0.4, 0.5) is 0 Å². The summed E-state index contributed by atoms with van der Waals surface area (Å²) in [6.45, 7) is 12.7. The fraction of sp³-hybridized carbons (Fsp3) is 1.00. The summed E-state index contributed by atoms with van der Waals surface area (Å²) in [5.41, 5.74) is 1.73. The van der Waals surface area contributed by atoms with Crippen LogP contribution in [0.25, 0.3) is 0 Å². The molecule has 0 heterocycles. The predicted octanol–water partition coefficient (Wildman–Crippen LogP) is 5.03. The SMILES string of the molecule is CC1CCCC2(C)C(C)(C)CCCC12C. The summed E-state index contributed by atoms with van der Waals surface area (Å²) < 4.78 is 0. The molecule has 2 aliphatic rings. The van der Waals surface area contributed by atoms with Crippen molar-refractivity contribution in [2.45, 2.75) is 73.1 Å². The Labute approximate surface area is 95.8 Å². The van der Waals surface area contributed by atoms with Gasteiger partial charge in [0.05, 0.1) is 0 Å². The Kier molecular flexibility index (Phi) is 2.48. The monoisotopic (exact) mass is 208 g/mol. The van der Waals surface area contributed by atoms with E-state index in [0.717, 1.165) is 5.92 Å². The molecule has 0 aromatic rings. The van der Waals surface area contributed by atoms with E-state index < -0.39 is 0 Å². The van der Waals surface area contributed by atoms with Gasteiger partial charge in [0.25, 0.3) is 0 Å². The molecular formula is C15H28. The third-order valence-electron chi connectivity index (χ3n) is 6.65. The number of fused-ring (bicyclic) bond motifs is 1. The second-order valence-electron chi connectivity index (χ2n) is 7.28. The van der Waals surface area contributed by atoms with E-state index in [2.05, 4.69) is 34.6 Å². The molecule has 88 valence electrons. The fourth-order valence-corrected chi connectivity index (χ4v) is 4.72. The number of hydrogen-bond acceptors (Lipinski definition) is 0. The van der Waals surface area contributed by atoms with Gasteiger partial charge in [0.2, 0.25) is 0 Å². The van der Waals surface area contributed by atoms with Crippen LogP contribution in [0.1, 0.15) is 73.1 Å². The molecule has 0 spiro atoms. The van der Waals surface area contributed by atoms with E-state index in [0.29, 0.717) is 16.2 Å². The molecule has 0 N–H and O–H groups in total. The summed E-state index contributed by atoms with van der Waals surface area (Å²) in [5, 5.41) is 0. The summed E-state index contributed by atoms with van der Waals surface area (Å²) in [6, 6.07) is 0. The molecule has 15 heavy (non-hydrogen) atoms. The summed E-state index contributed by atoms with van der Waals surface area (Å²) in [4.78, 5) is 0. The van der Waals surface area contributed by atoms with E-state index in [-0.39, 0.29) is 0 Å². The first-order valence-electron chi connectivity index (χ1n) is 6.83. The minimum absolute atomic E-state index is 0.550. The van der Waals surface area contributed by atoms with Crippen LogP contribution >= 0.6 is 0 Å². The first kappa shape index (κ1) is 11.5. The van der Waals surface area contributed by atoms with Crippen LogP contribution in [0.15, 0.2) is 0 Å². The molecule has 2 rings (SSSR count). The Morgan fingerprint density at radius 3 is 2.13 bits per heavy atom. The topological polar surface area (TPSA) is 0 Å². The van der Waals surface area contributed by atoms with Crippen LogP contribution in [-0.2, 0) is 0 Å². The lowest BCUT2D eigenvalue weighted by Crippen LogP contribution is -2.56. The van der Waals surface area contributed by atoms with Gasteiger partial charge in [0, 0.05) is 0 Å². The lowest BCUT2D eigenvalue weighted by atomic mass is 9.41. The van der Waals surface area contributed by atoms with Crippen molar-refractivity contribution in [2.24, 2.45) is 22.2 Å². The Hall–Kier alpha value is 0. The zero-order valence-corrected chi connectivity index (χ0v) is 11.3. The molecule has 0 aliphatic heterocycles. The van der Waals surface area contributed by atoms with Crippen molar-refractivity contribution in [3.8, 4) is 0 Å². The minimum Gasteiger partial charge on any atom is -0.0620 e. The molecule has 0 amide bonds. The molecular weight excluding hydrogens is 180 g/mol. The molecule has 3 unspecified atom stereocenters. The van der Waals surface area contributed by atoms with Crippen molar-refractivity contribution in [2.75, 3.05) is 0 Å². The third kappa shape index (κ3) is 1.33. The highest BCUT2D eigenvalue weighted by Gasteiger charge is 2.58. The average Bonchev–Trinajstić information content (AvgIpc) is 2.12. The first-order chi connectivity index (χ1) is 6.83. The summed E-state index contributed by atoms with van der Waals surface area (Å²) >= 11 is 0. The lowest BCUT2D eigenvalue weighted by molar-refractivity contribution is -0.147. The van der Waals surface area contributed by atoms with Crippen molar-refractivity contribution in [1.82, 2.24) is 0 Å². The lowest BCUT2D eigenvalue weighted by Gasteiger charge is -2.64. The molecule has 2 fully saturated rings. The molecule has 0 aromatic heterocycles. The maximum Gasteiger partial charge on any atom is -0.0218 e. The Morgan fingerprint density at radius 1 is 0.867 bits per heavy atom. The normalized spacial score (nSPS) is 49.8. The van der Waals surface area contributed by atoms with Crippen molar-refractivity contribution in [1.29, 1.82) is 0 Å². The highest BCUT2D eigenvalue weighted by atomic mass is 14.6.